The molecular weight excluding hydrogens is 642 g/mol. The number of hydrogen-bond donors (Lipinski definition) is 1. The summed E-state index contributed by atoms with van der Waals surface area (Å²) >= 11 is 0.758. The lowest BCUT2D eigenvalue weighted by Gasteiger charge is -2.36. The van der Waals surface area contributed by atoms with Gasteiger partial charge in [-0.3, -0.25) is 24.7 Å². The number of amides is 1. The van der Waals surface area contributed by atoms with Gasteiger partial charge in [0.15, 0.2) is 11.6 Å². The van der Waals surface area contributed by atoms with Gasteiger partial charge in [-0.2, -0.15) is 0 Å². The van der Waals surface area contributed by atoms with E-state index in [1.165, 1.54) is 12.3 Å². The van der Waals surface area contributed by atoms with Gasteiger partial charge in [0.05, 0.1) is 12.0 Å². The maximum absolute atomic E-state index is 14.8. The number of ether oxygens (including phenoxy) is 2. The van der Waals surface area contributed by atoms with Crippen molar-refractivity contribution in [1.82, 2.24) is 9.97 Å². The van der Waals surface area contributed by atoms with Crippen molar-refractivity contribution in [2.75, 3.05) is 23.3 Å². The second-order valence-electron chi connectivity index (χ2n) is 14.1. The third kappa shape index (κ3) is 8.23. The Hall–Kier alpha value is -4.26. The van der Waals surface area contributed by atoms with Crippen LogP contribution in [0.2, 0.25) is 0 Å². The van der Waals surface area contributed by atoms with E-state index in [0.717, 1.165) is 47.6 Å². The van der Waals surface area contributed by atoms with Crippen LogP contribution in [-0.2, 0) is 27.1 Å². The number of rotatable bonds is 8. The topological polar surface area (TPSA) is 128 Å². The molecule has 1 aromatic carbocycles. The molecule has 0 radical (unpaired) electrons. The Balaban J connectivity index is 1.49. The molecule has 0 saturated carbocycles. The van der Waals surface area contributed by atoms with Crippen molar-refractivity contribution in [3.63, 3.8) is 0 Å². The standard InChI is InChI=1S/C35H40F2N4O6S/c1-34(2,3)46-26(44)15-19-9-8-14-41(18-19)30-20(17-38-28-21(30)12-13-24(28)42)16-25(43)29-32(40-33(45)47-35(4,5)6)48-31(39-29)27-22(36)10-7-11-23(27)37/h7,10-11,17,19H,8-9,12-16,18H2,1-6H3,(H,40,45)/t19-/m1/s1. The first-order valence-electron chi connectivity index (χ1n) is 16.0. The predicted octanol–water partition coefficient (Wildman–Crippen LogP) is 7.33. The second kappa shape index (κ2) is 13.7. The Labute approximate surface area is 282 Å². The van der Waals surface area contributed by atoms with Crippen molar-refractivity contribution in [1.29, 1.82) is 0 Å². The van der Waals surface area contributed by atoms with E-state index >= 15 is 0 Å². The number of hydrogen-bond acceptors (Lipinski definition) is 10. The molecule has 3 heterocycles. The molecule has 5 rings (SSSR count). The van der Waals surface area contributed by atoms with E-state index in [2.05, 4.69) is 20.2 Å². The lowest BCUT2D eigenvalue weighted by Crippen LogP contribution is -2.38. The first-order chi connectivity index (χ1) is 22.5. The molecule has 0 bridgehead atoms. The molecule has 1 aliphatic heterocycles. The molecule has 1 aliphatic carbocycles. The Kier molecular flexibility index (Phi) is 10.0. The van der Waals surface area contributed by atoms with Crippen LogP contribution >= 0.6 is 11.3 Å². The zero-order chi connectivity index (χ0) is 35.0. The smallest absolute Gasteiger partial charge is 0.412 e. The van der Waals surface area contributed by atoms with Crippen LogP contribution in [0, 0.1) is 17.6 Å². The van der Waals surface area contributed by atoms with E-state index in [9.17, 15) is 28.0 Å². The summed E-state index contributed by atoms with van der Waals surface area (Å²) in [5.74, 6) is -2.63. The van der Waals surface area contributed by atoms with Crippen LogP contribution in [0.25, 0.3) is 10.6 Å². The number of benzene rings is 1. The summed E-state index contributed by atoms with van der Waals surface area (Å²) in [5, 5.41) is 2.40. The fourth-order valence-corrected chi connectivity index (χ4v) is 7.07. The van der Waals surface area contributed by atoms with Crippen LogP contribution in [0.3, 0.4) is 0 Å². The summed E-state index contributed by atoms with van der Waals surface area (Å²) in [5.41, 5.74) is 0.334. The minimum atomic E-state index is -0.868. The van der Waals surface area contributed by atoms with Gasteiger partial charge < -0.3 is 14.4 Å². The number of esters is 1. The summed E-state index contributed by atoms with van der Waals surface area (Å²) in [6, 6.07) is 3.39. The molecule has 1 N–H and O–H groups in total. The Morgan fingerprint density at radius 1 is 1.04 bits per heavy atom. The van der Waals surface area contributed by atoms with Crippen molar-refractivity contribution in [2.24, 2.45) is 5.92 Å². The minimum absolute atomic E-state index is 0.000494. The van der Waals surface area contributed by atoms with Gasteiger partial charge in [0.1, 0.15) is 44.2 Å². The van der Waals surface area contributed by atoms with Gasteiger partial charge >= 0.3 is 12.1 Å². The third-order valence-corrected chi connectivity index (χ3v) is 8.82. The molecule has 0 spiro atoms. The van der Waals surface area contributed by atoms with E-state index in [0.29, 0.717) is 37.2 Å². The number of nitrogens with one attached hydrogen (secondary N) is 1. The quantitative estimate of drug-likeness (QED) is 0.192. The maximum Gasteiger partial charge on any atom is 0.412 e. The monoisotopic (exact) mass is 682 g/mol. The van der Waals surface area contributed by atoms with Crippen molar-refractivity contribution in [3.05, 3.63) is 58.5 Å². The Morgan fingerprint density at radius 3 is 2.40 bits per heavy atom. The number of nitrogens with zero attached hydrogens (tertiary/aromatic N) is 3. The summed E-state index contributed by atoms with van der Waals surface area (Å²) in [6.45, 7) is 11.7. The summed E-state index contributed by atoms with van der Waals surface area (Å²) in [4.78, 5) is 63.0. The molecule has 1 atom stereocenters. The van der Waals surface area contributed by atoms with Crippen molar-refractivity contribution in [2.45, 2.75) is 91.3 Å². The number of thiazole rings is 1. The average Bonchev–Trinajstić information content (AvgIpc) is 3.54. The largest absolute Gasteiger partial charge is 0.460 e. The van der Waals surface area contributed by atoms with Crippen LogP contribution in [0.1, 0.15) is 99.3 Å². The fourth-order valence-electron chi connectivity index (χ4n) is 6.05. The van der Waals surface area contributed by atoms with Crippen LogP contribution in [0.15, 0.2) is 24.4 Å². The van der Waals surface area contributed by atoms with Gasteiger partial charge in [-0.15, -0.1) is 0 Å². The van der Waals surface area contributed by atoms with Gasteiger partial charge in [0.25, 0.3) is 0 Å². The SMILES string of the molecule is CC(C)(C)OC(=O)C[C@H]1CCCN(c2c(CC(=O)c3nc(-c4c(F)cccc4F)sc3NC(=O)OC(C)(C)C)cnc3c2CCC3=O)C1. The number of anilines is 2. The first kappa shape index (κ1) is 35.1. The summed E-state index contributed by atoms with van der Waals surface area (Å²) in [6.07, 6.45) is 3.05. The second-order valence-corrected chi connectivity index (χ2v) is 15.1. The van der Waals surface area contributed by atoms with E-state index < -0.39 is 40.3 Å². The molecule has 256 valence electrons. The minimum Gasteiger partial charge on any atom is -0.460 e. The number of Topliss-reactive ketones (excluding diaryl/α,β-unsaturated/α-hetero) is 2. The Bertz CT molecular complexity index is 1740. The van der Waals surface area contributed by atoms with Crippen molar-refractivity contribution < 1.29 is 37.4 Å². The average molecular weight is 683 g/mol. The highest BCUT2D eigenvalue weighted by Crippen LogP contribution is 2.39. The molecule has 2 aromatic heterocycles. The van der Waals surface area contributed by atoms with Gasteiger partial charge in [-0.05, 0) is 78.9 Å². The zero-order valence-corrected chi connectivity index (χ0v) is 28.8. The lowest BCUT2D eigenvalue weighted by atomic mass is 9.92. The number of pyridine rings is 1. The number of aromatic nitrogens is 2. The molecule has 48 heavy (non-hydrogen) atoms. The number of fused-ring (bicyclic) bond motifs is 1. The van der Waals surface area contributed by atoms with Gasteiger partial charge in [-0.25, -0.2) is 18.6 Å². The molecule has 1 fully saturated rings. The van der Waals surface area contributed by atoms with E-state index in [1.807, 2.05) is 20.8 Å². The van der Waals surface area contributed by atoms with Crippen LogP contribution in [0.5, 0.6) is 0 Å². The highest BCUT2D eigenvalue weighted by atomic mass is 32.1. The lowest BCUT2D eigenvalue weighted by molar-refractivity contribution is -0.156. The van der Waals surface area contributed by atoms with E-state index in [1.54, 1.807) is 20.8 Å². The molecule has 1 amide bonds. The van der Waals surface area contributed by atoms with E-state index in [-0.39, 0.29) is 46.2 Å². The predicted molar refractivity (Wildman–Crippen MR) is 178 cm³/mol. The number of piperidine rings is 1. The molecule has 13 heteroatoms. The van der Waals surface area contributed by atoms with Gasteiger partial charge in [0, 0.05) is 48.9 Å². The third-order valence-electron chi connectivity index (χ3n) is 7.84. The van der Waals surface area contributed by atoms with Gasteiger partial charge in [-0.1, -0.05) is 17.4 Å². The molecule has 10 nitrogen and oxygen atoms in total. The highest BCUT2D eigenvalue weighted by molar-refractivity contribution is 7.19. The maximum atomic E-state index is 14.8. The Morgan fingerprint density at radius 2 is 1.73 bits per heavy atom. The normalized spacial score (nSPS) is 16.5. The molecule has 0 unspecified atom stereocenters. The first-order valence-corrected chi connectivity index (χ1v) is 16.8. The fraction of sp³-hybridized carbons (Fsp3) is 0.486. The molecule has 1 saturated heterocycles. The summed E-state index contributed by atoms with van der Waals surface area (Å²) < 4.78 is 40.5. The van der Waals surface area contributed by atoms with Crippen molar-refractivity contribution >= 4 is 45.7 Å². The number of ketones is 2. The van der Waals surface area contributed by atoms with Crippen LogP contribution in [-0.4, -0.2) is 57.9 Å². The van der Waals surface area contributed by atoms with E-state index in [4.69, 9.17) is 9.47 Å². The number of carbonyl (C=O) groups is 4. The van der Waals surface area contributed by atoms with Gasteiger partial charge in [0.2, 0.25) is 0 Å². The zero-order valence-electron chi connectivity index (χ0n) is 28.0. The number of halogens is 2. The van der Waals surface area contributed by atoms with Crippen molar-refractivity contribution in [3.8, 4) is 10.6 Å². The van der Waals surface area contributed by atoms with Crippen LogP contribution < -0.4 is 10.2 Å². The molecule has 3 aromatic rings. The number of carbonyl (C=O) groups excluding carboxylic acids is 4. The van der Waals surface area contributed by atoms with Crippen LogP contribution in [0.4, 0.5) is 24.3 Å². The summed E-state index contributed by atoms with van der Waals surface area (Å²) in [7, 11) is 0. The molecular formula is C35H40F2N4O6S. The molecule has 2 aliphatic rings. The highest BCUT2D eigenvalue weighted by Gasteiger charge is 2.33.